The molecule has 6 nitrogen and oxygen atoms in total. The molecule has 0 fully saturated rings. The lowest BCUT2D eigenvalue weighted by atomic mass is 9.93. The maximum absolute atomic E-state index is 12.3. The monoisotopic (exact) mass is 369 g/mol. The zero-order valence-corrected chi connectivity index (χ0v) is 15.5. The van der Waals surface area contributed by atoms with E-state index in [1.165, 1.54) is 5.56 Å². The first-order valence-electron chi connectivity index (χ1n) is 9.30. The highest BCUT2D eigenvalue weighted by molar-refractivity contribution is 5.78. The first kappa shape index (κ1) is 16.6. The van der Waals surface area contributed by atoms with Gasteiger partial charge in [0.1, 0.15) is 5.65 Å². The van der Waals surface area contributed by atoms with Gasteiger partial charge in [-0.15, -0.1) is 0 Å². The third-order valence-corrected chi connectivity index (χ3v) is 5.17. The van der Waals surface area contributed by atoms with E-state index in [1.54, 1.807) is 0 Å². The molecule has 0 spiro atoms. The average molecular weight is 369 g/mol. The van der Waals surface area contributed by atoms with Crippen molar-refractivity contribution in [1.82, 2.24) is 24.7 Å². The Morgan fingerprint density at radius 2 is 1.96 bits per heavy atom. The van der Waals surface area contributed by atoms with Crippen molar-refractivity contribution in [3.05, 3.63) is 83.6 Å². The van der Waals surface area contributed by atoms with Gasteiger partial charge in [0.15, 0.2) is 5.82 Å². The SMILES string of the molecule is Cc1cccc(-c2ncc([C@H]3CC(=O)NCc4nc5ccccn5c43)cn2)c1. The molecule has 1 atom stereocenters. The number of hydrogen-bond acceptors (Lipinski definition) is 4. The van der Waals surface area contributed by atoms with Gasteiger partial charge in [0.25, 0.3) is 0 Å². The number of amides is 1. The molecule has 6 heteroatoms. The van der Waals surface area contributed by atoms with E-state index in [2.05, 4.69) is 25.8 Å². The Morgan fingerprint density at radius 1 is 1.11 bits per heavy atom. The third-order valence-electron chi connectivity index (χ3n) is 5.17. The van der Waals surface area contributed by atoms with Crippen molar-refractivity contribution in [2.45, 2.75) is 25.8 Å². The number of pyridine rings is 1. The van der Waals surface area contributed by atoms with Gasteiger partial charge in [0, 0.05) is 36.5 Å². The number of carbonyl (C=O) groups excluding carboxylic acids is 1. The smallest absolute Gasteiger partial charge is 0.221 e. The van der Waals surface area contributed by atoms with Gasteiger partial charge in [0.05, 0.1) is 17.9 Å². The van der Waals surface area contributed by atoms with Crippen LogP contribution in [-0.2, 0) is 11.3 Å². The second-order valence-electron chi connectivity index (χ2n) is 7.12. The van der Waals surface area contributed by atoms with E-state index >= 15 is 0 Å². The standard InChI is InChI=1S/C22H19N5O/c1-14-5-4-6-15(9-14)22-24-11-16(12-25-22)17-10-20(28)23-13-18-21(17)27-8-3-2-7-19(27)26-18/h2-9,11-12,17H,10,13H2,1H3,(H,23,28)/t17-/m1/s1. The first-order valence-corrected chi connectivity index (χ1v) is 9.30. The summed E-state index contributed by atoms with van der Waals surface area (Å²) >= 11 is 0. The maximum atomic E-state index is 12.3. The van der Waals surface area contributed by atoms with Crippen LogP contribution >= 0.6 is 0 Å². The lowest BCUT2D eigenvalue weighted by Gasteiger charge is -2.15. The zero-order chi connectivity index (χ0) is 19.1. The van der Waals surface area contributed by atoms with Crippen molar-refractivity contribution < 1.29 is 4.79 Å². The fourth-order valence-electron chi connectivity index (χ4n) is 3.83. The van der Waals surface area contributed by atoms with Gasteiger partial charge >= 0.3 is 0 Å². The second-order valence-corrected chi connectivity index (χ2v) is 7.12. The molecular formula is C22H19N5O. The summed E-state index contributed by atoms with van der Waals surface area (Å²) in [6.45, 7) is 2.49. The third kappa shape index (κ3) is 2.83. The Hall–Kier alpha value is -3.54. The number of nitrogens with one attached hydrogen (secondary N) is 1. The van der Waals surface area contributed by atoms with Crippen LogP contribution in [0.25, 0.3) is 17.0 Å². The van der Waals surface area contributed by atoms with E-state index in [1.807, 2.05) is 61.9 Å². The van der Waals surface area contributed by atoms with Crippen molar-refractivity contribution in [3.8, 4) is 11.4 Å². The Kier molecular flexibility index (Phi) is 3.90. The molecule has 1 aromatic carbocycles. The molecular weight excluding hydrogens is 350 g/mol. The molecule has 1 amide bonds. The van der Waals surface area contributed by atoms with E-state index < -0.39 is 0 Å². The molecule has 138 valence electrons. The van der Waals surface area contributed by atoms with E-state index in [9.17, 15) is 4.79 Å². The summed E-state index contributed by atoms with van der Waals surface area (Å²) < 4.78 is 2.06. The predicted molar refractivity (Wildman–Crippen MR) is 106 cm³/mol. The van der Waals surface area contributed by atoms with Gasteiger partial charge in [-0.1, -0.05) is 29.8 Å². The van der Waals surface area contributed by atoms with E-state index in [0.717, 1.165) is 28.2 Å². The lowest BCUT2D eigenvalue weighted by molar-refractivity contribution is -0.121. The topological polar surface area (TPSA) is 72.2 Å². The summed E-state index contributed by atoms with van der Waals surface area (Å²) in [5, 5.41) is 2.95. The van der Waals surface area contributed by atoms with Gasteiger partial charge in [0.2, 0.25) is 5.91 Å². The number of benzene rings is 1. The Balaban J connectivity index is 1.59. The van der Waals surface area contributed by atoms with E-state index in [0.29, 0.717) is 18.8 Å². The predicted octanol–water partition coefficient (Wildman–Crippen LogP) is 3.25. The summed E-state index contributed by atoms with van der Waals surface area (Å²) in [6.07, 6.45) is 6.01. The van der Waals surface area contributed by atoms with E-state index in [4.69, 9.17) is 4.98 Å². The molecule has 0 unspecified atom stereocenters. The van der Waals surface area contributed by atoms with Crippen LogP contribution in [0.5, 0.6) is 0 Å². The largest absolute Gasteiger partial charge is 0.350 e. The zero-order valence-electron chi connectivity index (χ0n) is 15.5. The number of hydrogen-bond donors (Lipinski definition) is 1. The van der Waals surface area contributed by atoms with Crippen LogP contribution in [0.2, 0.25) is 0 Å². The maximum Gasteiger partial charge on any atom is 0.221 e. The highest BCUT2D eigenvalue weighted by atomic mass is 16.1. The van der Waals surface area contributed by atoms with Gasteiger partial charge in [-0.25, -0.2) is 15.0 Å². The number of carbonyl (C=O) groups is 1. The van der Waals surface area contributed by atoms with Crippen LogP contribution in [0.4, 0.5) is 0 Å². The molecule has 1 aliphatic rings. The number of aryl methyl sites for hydroxylation is 1. The molecule has 0 radical (unpaired) electrons. The molecule has 5 rings (SSSR count). The summed E-state index contributed by atoms with van der Waals surface area (Å²) in [7, 11) is 0. The minimum Gasteiger partial charge on any atom is -0.350 e. The fourth-order valence-corrected chi connectivity index (χ4v) is 3.83. The van der Waals surface area contributed by atoms with Crippen LogP contribution in [-0.4, -0.2) is 25.3 Å². The van der Waals surface area contributed by atoms with Crippen molar-refractivity contribution in [1.29, 1.82) is 0 Å². The first-order chi connectivity index (χ1) is 13.7. The minimum atomic E-state index is -0.138. The van der Waals surface area contributed by atoms with Crippen molar-refractivity contribution in [2.24, 2.45) is 0 Å². The number of fused-ring (bicyclic) bond motifs is 3. The number of imidazole rings is 1. The summed E-state index contributed by atoms with van der Waals surface area (Å²) in [4.78, 5) is 26.2. The molecule has 1 aliphatic heterocycles. The summed E-state index contributed by atoms with van der Waals surface area (Å²) in [6, 6.07) is 14.0. The van der Waals surface area contributed by atoms with Gasteiger partial charge in [-0.05, 0) is 30.7 Å². The van der Waals surface area contributed by atoms with E-state index in [-0.39, 0.29) is 11.8 Å². The molecule has 0 bridgehead atoms. The van der Waals surface area contributed by atoms with Crippen LogP contribution in [0, 0.1) is 6.92 Å². The number of rotatable bonds is 2. The summed E-state index contributed by atoms with van der Waals surface area (Å²) in [5.41, 5.74) is 5.87. The normalized spacial score (nSPS) is 16.5. The van der Waals surface area contributed by atoms with Crippen LogP contribution in [0.15, 0.2) is 61.1 Å². The molecule has 4 aromatic rings. The molecule has 0 aliphatic carbocycles. The molecule has 4 heterocycles. The van der Waals surface area contributed by atoms with Crippen molar-refractivity contribution in [3.63, 3.8) is 0 Å². The van der Waals surface area contributed by atoms with Gasteiger partial charge < -0.3 is 9.72 Å². The molecule has 28 heavy (non-hydrogen) atoms. The highest BCUT2D eigenvalue weighted by Gasteiger charge is 2.29. The Labute approximate surface area is 162 Å². The minimum absolute atomic E-state index is 0.00967. The summed E-state index contributed by atoms with van der Waals surface area (Å²) in [5.74, 6) is 0.556. The van der Waals surface area contributed by atoms with Gasteiger partial charge in [-0.3, -0.25) is 4.79 Å². The van der Waals surface area contributed by atoms with Crippen LogP contribution in [0.1, 0.15) is 34.9 Å². The molecule has 3 aromatic heterocycles. The fraction of sp³-hybridized carbons (Fsp3) is 0.182. The van der Waals surface area contributed by atoms with Crippen molar-refractivity contribution in [2.75, 3.05) is 0 Å². The lowest BCUT2D eigenvalue weighted by Crippen LogP contribution is -2.21. The quantitative estimate of drug-likeness (QED) is 0.589. The van der Waals surface area contributed by atoms with Crippen LogP contribution < -0.4 is 5.32 Å². The number of aromatic nitrogens is 4. The highest BCUT2D eigenvalue weighted by Crippen LogP contribution is 2.33. The Morgan fingerprint density at radius 3 is 2.79 bits per heavy atom. The average Bonchev–Trinajstić information content (AvgIpc) is 3.00. The molecule has 0 saturated heterocycles. The van der Waals surface area contributed by atoms with Gasteiger partial charge in [-0.2, -0.15) is 0 Å². The van der Waals surface area contributed by atoms with Crippen LogP contribution in [0.3, 0.4) is 0 Å². The second kappa shape index (κ2) is 6.56. The number of nitrogens with zero attached hydrogens (tertiary/aromatic N) is 4. The molecule has 1 N–H and O–H groups in total. The van der Waals surface area contributed by atoms with Crippen molar-refractivity contribution >= 4 is 11.6 Å². The molecule has 0 saturated carbocycles. The Bertz CT molecular complexity index is 1180.